The minimum Gasteiger partial charge on any atom is -0.350 e. The van der Waals surface area contributed by atoms with Crippen molar-refractivity contribution in [3.8, 4) is 10.6 Å². The van der Waals surface area contributed by atoms with Gasteiger partial charge in [-0.3, -0.25) is 4.79 Å². The van der Waals surface area contributed by atoms with Crippen LogP contribution in [-0.4, -0.2) is 16.6 Å². The van der Waals surface area contributed by atoms with Crippen molar-refractivity contribution in [2.24, 2.45) is 0 Å². The Labute approximate surface area is 164 Å². The molecule has 1 amide bonds. The predicted molar refractivity (Wildman–Crippen MR) is 106 cm³/mol. The number of thioether (sulfide) groups is 1. The first-order valence-corrected chi connectivity index (χ1v) is 10.1. The fourth-order valence-corrected chi connectivity index (χ4v) is 4.30. The maximum atomic E-state index is 12.9. The number of benzene rings is 2. The molecule has 1 N–H and O–H groups in total. The molecule has 2 aromatic carbocycles. The average Bonchev–Trinajstić information content (AvgIpc) is 3.00. The van der Waals surface area contributed by atoms with E-state index in [9.17, 15) is 9.18 Å². The van der Waals surface area contributed by atoms with Crippen LogP contribution >= 0.6 is 34.7 Å². The third-order valence-corrected chi connectivity index (χ3v) is 6.16. The smallest absolute Gasteiger partial charge is 0.230 e. The number of nitrogens with zero attached hydrogens (tertiary/aromatic N) is 1. The van der Waals surface area contributed by atoms with Gasteiger partial charge in [-0.05, 0) is 37.3 Å². The Bertz CT molecular complexity index is 912. The maximum Gasteiger partial charge on any atom is 0.230 e. The van der Waals surface area contributed by atoms with E-state index < -0.39 is 0 Å². The number of thiazole rings is 1. The standard InChI is InChI=1S/C19H16ClFN2OS2/c1-12-17(26-19(23-12)15-4-2-3-5-16(15)20)10-22-18(24)11-25-14-8-6-13(21)7-9-14/h2-9H,10-11H2,1H3,(H,22,24). The molecule has 0 saturated carbocycles. The molecule has 0 atom stereocenters. The summed E-state index contributed by atoms with van der Waals surface area (Å²) in [4.78, 5) is 18.5. The highest BCUT2D eigenvalue weighted by Crippen LogP contribution is 2.32. The van der Waals surface area contributed by atoms with Crippen LogP contribution in [-0.2, 0) is 11.3 Å². The molecule has 134 valence electrons. The van der Waals surface area contributed by atoms with Crippen molar-refractivity contribution in [1.29, 1.82) is 0 Å². The van der Waals surface area contributed by atoms with Gasteiger partial charge in [0, 0.05) is 15.3 Å². The van der Waals surface area contributed by atoms with Crippen LogP contribution in [0, 0.1) is 12.7 Å². The van der Waals surface area contributed by atoms with Gasteiger partial charge in [0.25, 0.3) is 0 Å². The fourth-order valence-electron chi connectivity index (χ4n) is 2.25. The van der Waals surface area contributed by atoms with Crippen molar-refractivity contribution in [2.45, 2.75) is 18.4 Å². The Morgan fingerprint density at radius 3 is 2.69 bits per heavy atom. The molecule has 0 bridgehead atoms. The number of aromatic nitrogens is 1. The third kappa shape index (κ3) is 4.84. The highest BCUT2D eigenvalue weighted by Gasteiger charge is 2.12. The van der Waals surface area contributed by atoms with Crippen LogP contribution in [0.2, 0.25) is 5.02 Å². The van der Waals surface area contributed by atoms with E-state index >= 15 is 0 Å². The summed E-state index contributed by atoms with van der Waals surface area (Å²) in [6, 6.07) is 13.7. The van der Waals surface area contributed by atoms with Crippen LogP contribution in [0.1, 0.15) is 10.6 Å². The first-order valence-electron chi connectivity index (χ1n) is 7.89. The van der Waals surface area contributed by atoms with Gasteiger partial charge in [-0.25, -0.2) is 9.37 Å². The summed E-state index contributed by atoms with van der Waals surface area (Å²) in [5, 5.41) is 4.41. The summed E-state index contributed by atoms with van der Waals surface area (Å²) in [6.45, 7) is 2.35. The van der Waals surface area contributed by atoms with Gasteiger partial charge >= 0.3 is 0 Å². The molecule has 3 aromatic rings. The predicted octanol–water partition coefficient (Wildman–Crippen LogP) is 5.32. The minimum absolute atomic E-state index is 0.0774. The average molecular weight is 407 g/mol. The molecule has 26 heavy (non-hydrogen) atoms. The molecule has 0 aliphatic heterocycles. The van der Waals surface area contributed by atoms with Gasteiger partial charge in [-0.1, -0.05) is 29.8 Å². The normalized spacial score (nSPS) is 10.7. The fraction of sp³-hybridized carbons (Fsp3) is 0.158. The summed E-state index contributed by atoms with van der Waals surface area (Å²) in [5.41, 5.74) is 1.78. The maximum absolute atomic E-state index is 12.9. The Hall–Kier alpha value is -1.89. The van der Waals surface area contributed by atoms with Gasteiger partial charge in [-0.15, -0.1) is 23.1 Å². The largest absolute Gasteiger partial charge is 0.350 e. The molecule has 3 rings (SSSR count). The SMILES string of the molecule is Cc1nc(-c2ccccc2Cl)sc1CNC(=O)CSc1ccc(F)cc1. The summed E-state index contributed by atoms with van der Waals surface area (Å²) < 4.78 is 12.9. The van der Waals surface area contributed by atoms with Gasteiger partial charge < -0.3 is 5.32 Å². The van der Waals surface area contributed by atoms with Crippen molar-refractivity contribution in [3.63, 3.8) is 0 Å². The van der Waals surface area contributed by atoms with E-state index in [1.165, 1.54) is 35.2 Å². The van der Waals surface area contributed by atoms with E-state index in [0.29, 0.717) is 11.6 Å². The molecule has 7 heteroatoms. The number of nitrogens with one attached hydrogen (secondary N) is 1. The summed E-state index contributed by atoms with van der Waals surface area (Å²) in [7, 11) is 0. The second-order valence-electron chi connectivity index (χ2n) is 5.53. The molecule has 1 aromatic heterocycles. The molecule has 0 saturated heterocycles. The van der Waals surface area contributed by atoms with Gasteiger partial charge in [0.2, 0.25) is 5.91 Å². The van der Waals surface area contributed by atoms with Crippen LogP contribution in [0.5, 0.6) is 0 Å². The van der Waals surface area contributed by atoms with E-state index in [1.54, 1.807) is 12.1 Å². The van der Waals surface area contributed by atoms with E-state index in [4.69, 9.17) is 11.6 Å². The van der Waals surface area contributed by atoms with Crippen LogP contribution < -0.4 is 5.32 Å². The van der Waals surface area contributed by atoms with E-state index in [1.807, 2.05) is 31.2 Å². The number of amides is 1. The zero-order chi connectivity index (χ0) is 18.5. The number of carbonyl (C=O) groups is 1. The number of aryl methyl sites for hydroxylation is 1. The van der Waals surface area contributed by atoms with Crippen molar-refractivity contribution < 1.29 is 9.18 Å². The lowest BCUT2D eigenvalue weighted by Crippen LogP contribution is -2.24. The number of carbonyl (C=O) groups excluding carboxylic acids is 1. The molecular weight excluding hydrogens is 391 g/mol. The topological polar surface area (TPSA) is 42.0 Å². The van der Waals surface area contributed by atoms with Crippen LogP contribution in [0.15, 0.2) is 53.4 Å². The number of hydrogen-bond donors (Lipinski definition) is 1. The zero-order valence-electron chi connectivity index (χ0n) is 14.0. The summed E-state index contributed by atoms with van der Waals surface area (Å²) in [6.07, 6.45) is 0. The molecule has 0 radical (unpaired) electrons. The van der Waals surface area contributed by atoms with E-state index in [0.717, 1.165) is 26.0 Å². The van der Waals surface area contributed by atoms with Gasteiger partial charge in [0.05, 0.1) is 23.0 Å². The molecule has 0 aliphatic carbocycles. The van der Waals surface area contributed by atoms with E-state index in [-0.39, 0.29) is 17.5 Å². The minimum atomic E-state index is -0.284. The quantitative estimate of drug-likeness (QED) is 0.563. The van der Waals surface area contributed by atoms with Crippen LogP contribution in [0.3, 0.4) is 0 Å². The Morgan fingerprint density at radius 2 is 1.96 bits per heavy atom. The Kier molecular flexibility index (Phi) is 6.29. The van der Waals surface area contributed by atoms with Crippen molar-refractivity contribution in [3.05, 3.63) is 69.9 Å². The number of rotatable bonds is 6. The number of halogens is 2. The van der Waals surface area contributed by atoms with Crippen molar-refractivity contribution in [1.82, 2.24) is 10.3 Å². The second-order valence-corrected chi connectivity index (χ2v) is 8.07. The third-order valence-electron chi connectivity index (χ3n) is 3.63. The molecule has 0 aliphatic rings. The lowest BCUT2D eigenvalue weighted by Gasteiger charge is -2.04. The molecular formula is C19H16ClFN2OS2. The molecule has 0 unspecified atom stereocenters. The number of hydrogen-bond acceptors (Lipinski definition) is 4. The van der Waals surface area contributed by atoms with Crippen LogP contribution in [0.25, 0.3) is 10.6 Å². The lowest BCUT2D eigenvalue weighted by molar-refractivity contribution is -0.118. The zero-order valence-corrected chi connectivity index (χ0v) is 16.3. The van der Waals surface area contributed by atoms with Gasteiger partial charge in [0.1, 0.15) is 10.8 Å². The van der Waals surface area contributed by atoms with Gasteiger partial charge in [-0.2, -0.15) is 0 Å². The Morgan fingerprint density at radius 1 is 1.23 bits per heavy atom. The van der Waals surface area contributed by atoms with Crippen molar-refractivity contribution >= 4 is 40.6 Å². The molecule has 3 nitrogen and oxygen atoms in total. The molecule has 0 fully saturated rings. The highest BCUT2D eigenvalue weighted by atomic mass is 35.5. The summed E-state index contributed by atoms with van der Waals surface area (Å²) in [5.74, 6) is -0.0823. The molecule has 1 heterocycles. The first-order chi connectivity index (χ1) is 12.5. The molecule has 0 spiro atoms. The van der Waals surface area contributed by atoms with Crippen molar-refractivity contribution in [2.75, 3.05) is 5.75 Å². The summed E-state index contributed by atoms with van der Waals surface area (Å²) >= 11 is 9.13. The Balaban J connectivity index is 1.57. The lowest BCUT2D eigenvalue weighted by atomic mass is 10.2. The van der Waals surface area contributed by atoms with Crippen LogP contribution in [0.4, 0.5) is 4.39 Å². The highest BCUT2D eigenvalue weighted by molar-refractivity contribution is 8.00. The monoisotopic (exact) mass is 406 g/mol. The first kappa shape index (κ1) is 18.9. The van der Waals surface area contributed by atoms with Gasteiger partial charge in [0.15, 0.2) is 0 Å². The second kappa shape index (κ2) is 8.66. The van der Waals surface area contributed by atoms with E-state index in [2.05, 4.69) is 10.3 Å².